The summed E-state index contributed by atoms with van der Waals surface area (Å²) in [6.45, 7) is 4.00. The van der Waals surface area contributed by atoms with Crippen LogP contribution in [0.5, 0.6) is 0 Å². The zero-order chi connectivity index (χ0) is 16.0. The molecule has 2 heterocycles. The van der Waals surface area contributed by atoms with E-state index in [1.165, 1.54) is 6.07 Å². The van der Waals surface area contributed by atoms with E-state index >= 15 is 0 Å². The molecule has 0 N–H and O–H groups in total. The van der Waals surface area contributed by atoms with Gasteiger partial charge in [0.05, 0.1) is 0 Å². The zero-order valence-corrected chi connectivity index (χ0v) is 11.2. The highest BCUT2D eigenvalue weighted by molar-refractivity contribution is 5.63. The fourth-order valence-corrected chi connectivity index (χ4v) is 1.45. The summed E-state index contributed by atoms with van der Waals surface area (Å²) >= 11 is 0. The summed E-state index contributed by atoms with van der Waals surface area (Å²) < 4.78 is 50.1. The largest absolute Gasteiger partial charge is 0.433 e. The Hall–Kier alpha value is -2.49. The van der Waals surface area contributed by atoms with Crippen LogP contribution in [0, 0.1) is 17.3 Å². The highest BCUT2D eigenvalue weighted by Gasteiger charge is 2.32. The van der Waals surface area contributed by atoms with Crippen molar-refractivity contribution in [2.75, 3.05) is 0 Å². The van der Waals surface area contributed by atoms with Crippen molar-refractivity contribution >= 4 is 0 Å². The van der Waals surface area contributed by atoms with Gasteiger partial charge in [0.1, 0.15) is 17.5 Å². The molecule has 110 valence electrons. The van der Waals surface area contributed by atoms with Crippen LogP contribution in [0.15, 0.2) is 30.5 Å². The van der Waals surface area contributed by atoms with E-state index in [4.69, 9.17) is 5.26 Å². The summed E-state index contributed by atoms with van der Waals surface area (Å²) in [5.41, 5.74) is -0.683. The van der Waals surface area contributed by atoms with E-state index in [1.54, 1.807) is 6.07 Å². The van der Waals surface area contributed by atoms with Crippen LogP contribution in [-0.4, -0.2) is 9.97 Å². The summed E-state index contributed by atoms with van der Waals surface area (Å²) in [6.07, 6.45) is -3.56. The Balaban J connectivity index is 0.00000106. The van der Waals surface area contributed by atoms with E-state index in [1.807, 2.05) is 13.8 Å². The lowest BCUT2D eigenvalue weighted by Crippen LogP contribution is -2.07. The first kappa shape index (κ1) is 16.6. The molecule has 7 heteroatoms. The lowest BCUT2D eigenvalue weighted by atomic mass is 10.1. The maximum Gasteiger partial charge on any atom is 0.433 e. The first-order valence-corrected chi connectivity index (χ1v) is 6.01. The third-order valence-electron chi connectivity index (χ3n) is 2.30. The smallest absolute Gasteiger partial charge is 0.251 e. The number of alkyl halides is 3. The fraction of sp³-hybridized carbons (Fsp3) is 0.214. The molecule has 0 spiro atoms. The van der Waals surface area contributed by atoms with E-state index in [0.717, 1.165) is 24.4 Å². The minimum Gasteiger partial charge on any atom is -0.251 e. The monoisotopic (exact) mass is 297 g/mol. The molecule has 0 aliphatic heterocycles. The first-order valence-electron chi connectivity index (χ1n) is 6.01. The van der Waals surface area contributed by atoms with Crippen LogP contribution in [-0.2, 0) is 6.18 Å². The summed E-state index contributed by atoms with van der Waals surface area (Å²) in [6, 6.07) is 5.90. The van der Waals surface area contributed by atoms with Crippen LogP contribution in [0.4, 0.5) is 17.6 Å². The van der Waals surface area contributed by atoms with Crippen molar-refractivity contribution in [3.63, 3.8) is 0 Å². The van der Waals surface area contributed by atoms with E-state index in [2.05, 4.69) is 9.97 Å². The maximum atomic E-state index is 13.1. The van der Waals surface area contributed by atoms with Crippen LogP contribution in [0.2, 0.25) is 0 Å². The number of hydrogen-bond acceptors (Lipinski definition) is 3. The third kappa shape index (κ3) is 4.24. The zero-order valence-electron chi connectivity index (χ0n) is 11.2. The highest BCUT2D eigenvalue weighted by Crippen LogP contribution is 2.29. The fourth-order valence-electron chi connectivity index (χ4n) is 1.45. The Labute approximate surface area is 118 Å². The van der Waals surface area contributed by atoms with Crippen molar-refractivity contribution in [2.45, 2.75) is 20.0 Å². The Bertz CT molecular complexity index is 643. The Morgan fingerprint density at radius 2 is 1.76 bits per heavy atom. The number of nitriles is 1. The third-order valence-corrected chi connectivity index (χ3v) is 2.30. The predicted octanol–water partition coefficient (Wildman–Crippen LogP) is 4.20. The van der Waals surface area contributed by atoms with Gasteiger partial charge in [-0.25, -0.2) is 4.98 Å². The van der Waals surface area contributed by atoms with Gasteiger partial charge in [0.25, 0.3) is 0 Å². The van der Waals surface area contributed by atoms with Crippen LogP contribution < -0.4 is 0 Å². The second-order valence-corrected chi connectivity index (χ2v) is 3.61. The number of hydrogen-bond donors (Lipinski definition) is 0. The van der Waals surface area contributed by atoms with Crippen molar-refractivity contribution < 1.29 is 17.6 Å². The molecule has 2 rings (SSSR count). The molecule has 0 bridgehead atoms. The van der Waals surface area contributed by atoms with Crippen molar-refractivity contribution in [2.24, 2.45) is 0 Å². The van der Waals surface area contributed by atoms with E-state index in [-0.39, 0.29) is 16.8 Å². The molecule has 0 fully saturated rings. The highest BCUT2D eigenvalue weighted by atomic mass is 19.4. The quantitative estimate of drug-likeness (QED) is 0.585. The topological polar surface area (TPSA) is 49.6 Å². The molecule has 0 unspecified atom stereocenters. The van der Waals surface area contributed by atoms with Gasteiger partial charge in [0.2, 0.25) is 5.95 Å². The minimum absolute atomic E-state index is 0.158. The molecule has 0 aliphatic rings. The van der Waals surface area contributed by atoms with Crippen LogP contribution in [0.25, 0.3) is 11.1 Å². The lowest BCUT2D eigenvalue weighted by Gasteiger charge is -2.06. The van der Waals surface area contributed by atoms with E-state index in [9.17, 15) is 17.6 Å². The number of aromatic nitrogens is 2. The summed E-state index contributed by atoms with van der Waals surface area (Å²) in [5.74, 6) is -0.881. The predicted molar refractivity (Wildman–Crippen MR) is 68.5 cm³/mol. The minimum atomic E-state index is -4.53. The number of halogens is 4. The molecule has 3 nitrogen and oxygen atoms in total. The van der Waals surface area contributed by atoms with Crippen molar-refractivity contribution in [1.29, 1.82) is 5.26 Å². The SMILES string of the molecule is CC.N#Cc1cc(-c2ccc(C(F)(F)F)nc2)cc(F)n1. The van der Waals surface area contributed by atoms with Crippen LogP contribution in [0.1, 0.15) is 25.2 Å². The number of pyridine rings is 2. The van der Waals surface area contributed by atoms with Crippen molar-refractivity contribution in [3.05, 3.63) is 47.8 Å². The number of nitrogens with zero attached hydrogens (tertiary/aromatic N) is 3. The molecule has 0 amide bonds. The number of rotatable bonds is 1. The summed E-state index contributed by atoms with van der Waals surface area (Å²) in [4.78, 5) is 6.57. The van der Waals surface area contributed by atoms with Crippen LogP contribution in [0.3, 0.4) is 0 Å². The Kier molecular flexibility index (Phi) is 5.36. The van der Waals surface area contributed by atoms with Gasteiger partial charge in [-0.3, -0.25) is 4.98 Å². The van der Waals surface area contributed by atoms with Gasteiger partial charge < -0.3 is 0 Å². The van der Waals surface area contributed by atoms with E-state index < -0.39 is 17.8 Å². The molecular weight excluding hydrogens is 286 g/mol. The van der Waals surface area contributed by atoms with Gasteiger partial charge in [-0.1, -0.05) is 19.9 Å². The molecule has 0 saturated heterocycles. The normalized spacial score (nSPS) is 10.3. The van der Waals surface area contributed by atoms with Crippen molar-refractivity contribution in [3.8, 4) is 17.2 Å². The van der Waals surface area contributed by atoms with Gasteiger partial charge in [-0.2, -0.15) is 22.8 Å². The molecule has 2 aromatic rings. The van der Waals surface area contributed by atoms with E-state index in [0.29, 0.717) is 0 Å². The molecule has 0 aromatic carbocycles. The van der Waals surface area contributed by atoms with Gasteiger partial charge in [0, 0.05) is 17.8 Å². The average Bonchev–Trinajstić information content (AvgIpc) is 2.48. The second kappa shape index (κ2) is 6.79. The summed E-state index contributed by atoms with van der Waals surface area (Å²) in [7, 11) is 0. The summed E-state index contributed by atoms with van der Waals surface area (Å²) in [5, 5.41) is 8.64. The molecular formula is C14H11F4N3. The van der Waals surface area contributed by atoms with Crippen molar-refractivity contribution in [1.82, 2.24) is 9.97 Å². The molecule has 0 radical (unpaired) electrons. The lowest BCUT2D eigenvalue weighted by molar-refractivity contribution is -0.141. The molecule has 0 saturated carbocycles. The van der Waals surface area contributed by atoms with Gasteiger partial charge in [-0.05, 0) is 17.7 Å². The second-order valence-electron chi connectivity index (χ2n) is 3.61. The van der Waals surface area contributed by atoms with Gasteiger partial charge in [0.15, 0.2) is 0 Å². The van der Waals surface area contributed by atoms with Crippen LogP contribution >= 0.6 is 0 Å². The van der Waals surface area contributed by atoms with Gasteiger partial charge >= 0.3 is 6.18 Å². The average molecular weight is 297 g/mol. The molecule has 0 aliphatic carbocycles. The molecule has 0 atom stereocenters. The Morgan fingerprint density at radius 3 is 2.24 bits per heavy atom. The first-order chi connectivity index (χ1) is 9.90. The molecule has 2 aromatic heterocycles. The van der Waals surface area contributed by atoms with Gasteiger partial charge in [-0.15, -0.1) is 0 Å². The standard InChI is InChI=1S/C12H5F4N3.C2H6/c13-11-4-8(3-9(5-17)19-11)7-1-2-10(18-6-7)12(14,15)16;1-2/h1-4,6H;1-2H3. The maximum absolute atomic E-state index is 13.1. The Morgan fingerprint density at radius 1 is 1.10 bits per heavy atom. The molecule has 21 heavy (non-hydrogen) atoms.